The van der Waals surface area contributed by atoms with E-state index in [0.29, 0.717) is 17.4 Å². The van der Waals surface area contributed by atoms with Gasteiger partial charge in [0.1, 0.15) is 5.65 Å². The number of benzene rings is 1. The molecule has 3 rings (SSSR count). The molecule has 0 N–H and O–H groups in total. The first-order chi connectivity index (χ1) is 12.2. The van der Waals surface area contributed by atoms with E-state index in [4.69, 9.17) is 14.5 Å². The van der Waals surface area contributed by atoms with E-state index in [0.717, 1.165) is 34.2 Å². The summed E-state index contributed by atoms with van der Waals surface area (Å²) in [4.78, 5) is 9.31. The number of rotatable bonds is 7. The Morgan fingerprint density at radius 1 is 1.16 bits per heavy atom. The molecule has 0 bridgehead atoms. The second kappa shape index (κ2) is 7.78. The Hall–Kier alpha value is -2.21. The Morgan fingerprint density at radius 2 is 1.96 bits per heavy atom. The van der Waals surface area contributed by atoms with Crippen LogP contribution in [0.15, 0.2) is 41.8 Å². The molecular formula is C19H23N3O2S. The summed E-state index contributed by atoms with van der Waals surface area (Å²) in [6.45, 7) is 4.47. The molecule has 0 spiro atoms. The van der Waals surface area contributed by atoms with Crippen molar-refractivity contribution in [3.05, 3.63) is 36.7 Å². The van der Waals surface area contributed by atoms with Crippen molar-refractivity contribution in [3.8, 4) is 22.8 Å². The first-order valence-corrected chi connectivity index (χ1v) is 9.34. The van der Waals surface area contributed by atoms with E-state index < -0.39 is 0 Å². The van der Waals surface area contributed by atoms with Crippen LogP contribution in [0.4, 0.5) is 0 Å². The van der Waals surface area contributed by atoms with Crippen LogP contribution in [0.5, 0.6) is 11.5 Å². The van der Waals surface area contributed by atoms with Gasteiger partial charge in [0, 0.05) is 29.8 Å². The average molecular weight is 357 g/mol. The zero-order valence-electron chi connectivity index (χ0n) is 15.0. The zero-order chi connectivity index (χ0) is 17.8. The van der Waals surface area contributed by atoms with Gasteiger partial charge < -0.3 is 9.47 Å². The Morgan fingerprint density at radius 3 is 2.68 bits per heavy atom. The van der Waals surface area contributed by atoms with Gasteiger partial charge in [0.05, 0.1) is 19.9 Å². The predicted octanol–water partition coefficient (Wildman–Crippen LogP) is 4.55. The van der Waals surface area contributed by atoms with Crippen molar-refractivity contribution in [2.24, 2.45) is 5.92 Å². The van der Waals surface area contributed by atoms with Crippen LogP contribution in [0.1, 0.15) is 20.3 Å². The van der Waals surface area contributed by atoms with Gasteiger partial charge in [0.25, 0.3) is 0 Å². The fourth-order valence-electron chi connectivity index (χ4n) is 2.47. The van der Waals surface area contributed by atoms with Crippen LogP contribution in [0.2, 0.25) is 0 Å². The summed E-state index contributed by atoms with van der Waals surface area (Å²) in [5.74, 6) is 3.08. The first-order valence-electron chi connectivity index (χ1n) is 8.35. The fourth-order valence-corrected chi connectivity index (χ4v) is 3.60. The van der Waals surface area contributed by atoms with Crippen LogP contribution in [0, 0.1) is 5.92 Å². The molecule has 1 atom stereocenters. The summed E-state index contributed by atoms with van der Waals surface area (Å²) in [6.07, 6.45) is 4.93. The maximum Gasteiger partial charge on any atom is 0.174 e. The number of aromatic nitrogens is 3. The van der Waals surface area contributed by atoms with E-state index in [1.165, 1.54) is 0 Å². The minimum absolute atomic E-state index is 0.648. The molecule has 0 aliphatic carbocycles. The maximum atomic E-state index is 5.42. The summed E-state index contributed by atoms with van der Waals surface area (Å²) in [5, 5.41) is 0.958. The predicted molar refractivity (Wildman–Crippen MR) is 102 cm³/mol. The highest BCUT2D eigenvalue weighted by atomic mass is 32.2. The highest BCUT2D eigenvalue weighted by Crippen LogP contribution is 2.33. The Labute approximate surface area is 152 Å². The molecule has 0 saturated carbocycles. The van der Waals surface area contributed by atoms with Crippen LogP contribution in [0.3, 0.4) is 0 Å². The molecule has 0 aliphatic heterocycles. The van der Waals surface area contributed by atoms with Crippen LogP contribution in [-0.4, -0.2) is 34.3 Å². The molecule has 132 valence electrons. The van der Waals surface area contributed by atoms with Crippen LogP contribution in [-0.2, 0) is 0 Å². The molecule has 0 aliphatic rings. The van der Waals surface area contributed by atoms with Crippen molar-refractivity contribution in [1.29, 1.82) is 0 Å². The van der Waals surface area contributed by atoms with Crippen LogP contribution in [0.25, 0.3) is 16.9 Å². The lowest BCUT2D eigenvalue weighted by Crippen LogP contribution is -2.01. The Balaban J connectivity index is 2.02. The Kier molecular flexibility index (Phi) is 5.48. The summed E-state index contributed by atoms with van der Waals surface area (Å²) in [6, 6.07) is 7.84. The van der Waals surface area contributed by atoms with Crippen molar-refractivity contribution in [2.75, 3.05) is 20.0 Å². The van der Waals surface area contributed by atoms with Gasteiger partial charge in [-0.2, -0.15) is 0 Å². The highest BCUT2D eigenvalue weighted by molar-refractivity contribution is 7.99. The largest absolute Gasteiger partial charge is 0.493 e. The van der Waals surface area contributed by atoms with Gasteiger partial charge in [0.2, 0.25) is 0 Å². The van der Waals surface area contributed by atoms with Gasteiger partial charge in [-0.1, -0.05) is 32.0 Å². The highest BCUT2D eigenvalue weighted by Gasteiger charge is 2.12. The number of imidazole rings is 1. The number of hydrogen-bond acceptors (Lipinski definition) is 5. The topological polar surface area (TPSA) is 48.7 Å². The number of thioether (sulfide) groups is 1. The van der Waals surface area contributed by atoms with E-state index >= 15 is 0 Å². The Bertz CT molecular complexity index is 863. The summed E-state index contributed by atoms with van der Waals surface area (Å²) in [7, 11) is 3.27. The lowest BCUT2D eigenvalue weighted by molar-refractivity contribution is 0.355. The molecule has 5 nitrogen and oxygen atoms in total. The monoisotopic (exact) mass is 357 g/mol. The molecule has 0 fully saturated rings. The molecule has 6 heteroatoms. The minimum atomic E-state index is 0.648. The summed E-state index contributed by atoms with van der Waals surface area (Å²) >= 11 is 1.77. The number of nitrogens with zero attached hydrogens (tertiary/aromatic N) is 3. The second-order valence-corrected chi connectivity index (χ2v) is 6.96. The first kappa shape index (κ1) is 17.6. The summed E-state index contributed by atoms with van der Waals surface area (Å²) < 4.78 is 12.8. The smallest absolute Gasteiger partial charge is 0.174 e. The number of ether oxygens (including phenoxy) is 2. The maximum absolute atomic E-state index is 5.42. The quantitative estimate of drug-likeness (QED) is 0.458. The van der Waals surface area contributed by atoms with E-state index in [-0.39, 0.29) is 0 Å². The van der Waals surface area contributed by atoms with E-state index in [2.05, 4.69) is 18.8 Å². The van der Waals surface area contributed by atoms with E-state index in [1.54, 1.807) is 26.0 Å². The van der Waals surface area contributed by atoms with Gasteiger partial charge in [-0.05, 0) is 24.1 Å². The standard InChI is InChI=1S/C19H23N3O2S/c1-5-13(2)12-25-19-21-15(11-18-20-8-9-22(18)19)14-6-7-16(23-3)17(10-14)24-4/h6-11,13H,5,12H2,1-4H3. The third kappa shape index (κ3) is 3.74. The van der Waals surface area contributed by atoms with Gasteiger partial charge in [-0.25, -0.2) is 9.97 Å². The molecule has 1 aromatic carbocycles. The third-order valence-corrected chi connectivity index (χ3v) is 5.51. The molecule has 2 aromatic heterocycles. The molecule has 0 amide bonds. The van der Waals surface area contributed by atoms with Crippen molar-refractivity contribution in [2.45, 2.75) is 25.4 Å². The van der Waals surface area contributed by atoms with E-state index in [9.17, 15) is 0 Å². The SMILES string of the molecule is CCC(C)CSc1nc(-c2ccc(OC)c(OC)c2)cc2nccn12. The van der Waals surface area contributed by atoms with Crippen molar-refractivity contribution >= 4 is 17.4 Å². The number of fused-ring (bicyclic) bond motifs is 1. The third-order valence-electron chi connectivity index (χ3n) is 4.23. The fraction of sp³-hybridized carbons (Fsp3) is 0.368. The normalized spacial score (nSPS) is 12.3. The van der Waals surface area contributed by atoms with Crippen molar-refractivity contribution in [3.63, 3.8) is 0 Å². The van der Waals surface area contributed by atoms with Crippen LogP contribution >= 0.6 is 11.8 Å². The lowest BCUT2D eigenvalue weighted by Gasteiger charge is -2.12. The summed E-state index contributed by atoms with van der Waals surface area (Å²) in [5.41, 5.74) is 2.76. The number of methoxy groups -OCH3 is 2. The van der Waals surface area contributed by atoms with Gasteiger partial charge in [-0.3, -0.25) is 4.40 Å². The van der Waals surface area contributed by atoms with Gasteiger partial charge >= 0.3 is 0 Å². The molecule has 2 heterocycles. The van der Waals surface area contributed by atoms with Crippen LogP contribution < -0.4 is 9.47 Å². The molecular weight excluding hydrogens is 334 g/mol. The second-order valence-electron chi connectivity index (χ2n) is 5.97. The van der Waals surface area contributed by atoms with Crippen molar-refractivity contribution in [1.82, 2.24) is 14.4 Å². The lowest BCUT2D eigenvalue weighted by atomic mass is 10.1. The van der Waals surface area contributed by atoms with Gasteiger partial charge in [0.15, 0.2) is 16.7 Å². The zero-order valence-corrected chi connectivity index (χ0v) is 15.8. The molecule has 0 saturated heterocycles. The van der Waals surface area contributed by atoms with E-state index in [1.807, 2.05) is 41.1 Å². The van der Waals surface area contributed by atoms with Crippen molar-refractivity contribution < 1.29 is 9.47 Å². The molecule has 3 aromatic rings. The minimum Gasteiger partial charge on any atom is -0.493 e. The van der Waals surface area contributed by atoms with Gasteiger partial charge in [-0.15, -0.1) is 0 Å². The number of hydrogen-bond donors (Lipinski definition) is 0. The molecule has 1 unspecified atom stereocenters. The molecule has 0 radical (unpaired) electrons. The average Bonchev–Trinajstić information content (AvgIpc) is 3.13. The molecule has 25 heavy (non-hydrogen) atoms.